The number of sulfonamides is 2. The van der Waals surface area contributed by atoms with E-state index in [-0.39, 0.29) is 15.6 Å². The first-order valence-corrected chi connectivity index (χ1v) is 13.5. The second kappa shape index (κ2) is 8.60. The van der Waals surface area contributed by atoms with Crippen molar-refractivity contribution in [2.45, 2.75) is 9.10 Å². The fourth-order valence-electron chi connectivity index (χ4n) is 2.21. The van der Waals surface area contributed by atoms with Crippen molar-refractivity contribution in [2.75, 3.05) is 9.44 Å². The molecule has 0 radical (unpaired) electrons. The fraction of sp³-hybridized carbons (Fsp3) is 0. The molecule has 2 aromatic carbocycles. The van der Waals surface area contributed by atoms with Gasteiger partial charge in [-0.2, -0.15) is 0 Å². The van der Waals surface area contributed by atoms with Crippen LogP contribution in [-0.4, -0.2) is 16.8 Å². The van der Waals surface area contributed by atoms with Crippen molar-refractivity contribution in [2.24, 2.45) is 0 Å². The second-order valence-corrected chi connectivity index (χ2v) is 12.4. The Morgan fingerprint density at radius 2 is 1.31 bits per heavy atom. The molecule has 0 aliphatic rings. The van der Waals surface area contributed by atoms with E-state index < -0.39 is 36.6 Å². The topological polar surface area (TPSA) is 92.3 Å². The minimum atomic E-state index is -4.39. The lowest BCUT2D eigenvalue weighted by Crippen LogP contribution is -2.18. The van der Waals surface area contributed by atoms with Crippen molar-refractivity contribution in [3.8, 4) is 0 Å². The van der Waals surface area contributed by atoms with Crippen LogP contribution in [0, 0.1) is 18.8 Å². The summed E-state index contributed by atoms with van der Waals surface area (Å²) in [6.45, 7) is 0. The van der Waals surface area contributed by atoms with Crippen molar-refractivity contribution in [3.05, 3.63) is 66.6 Å². The molecule has 0 saturated heterocycles. The van der Waals surface area contributed by atoms with Gasteiger partial charge in [0.25, 0.3) is 20.0 Å². The minimum absolute atomic E-state index is 0.0244. The summed E-state index contributed by atoms with van der Waals surface area (Å²) in [4.78, 5) is -0.629. The van der Waals surface area contributed by atoms with Gasteiger partial charge in [-0.3, -0.25) is 9.44 Å². The van der Waals surface area contributed by atoms with Crippen LogP contribution in [0.1, 0.15) is 0 Å². The summed E-state index contributed by atoms with van der Waals surface area (Å²) in [5.74, 6) is -2.11. The first-order valence-electron chi connectivity index (χ1n) is 7.52. The Hall–Kier alpha value is -1.04. The van der Waals surface area contributed by atoms with Crippen LogP contribution >= 0.6 is 56.5 Å². The van der Waals surface area contributed by atoms with Crippen LogP contribution in [-0.2, 0) is 20.0 Å². The average Bonchev–Trinajstić information content (AvgIpc) is 3.13. The van der Waals surface area contributed by atoms with Gasteiger partial charge in [-0.05, 0) is 80.9 Å². The van der Waals surface area contributed by atoms with E-state index in [1.807, 2.05) is 45.2 Å². The number of hydrogen-bond donors (Lipinski definition) is 2. The summed E-state index contributed by atoms with van der Waals surface area (Å²) in [5, 5.41) is 1.59. The standard InChI is InChI=1S/C16H10F2I2N2O4S3/c17-9-4-10(18)6-11(5-9)28(23,24)21-14-7-12(19)13(20)8-15(14)22-29(25,26)16-2-1-3-27-16/h1-8,21-22H. The van der Waals surface area contributed by atoms with E-state index in [1.165, 1.54) is 18.2 Å². The molecule has 0 fully saturated rings. The lowest BCUT2D eigenvalue weighted by Gasteiger charge is -2.16. The maximum absolute atomic E-state index is 13.4. The van der Waals surface area contributed by atoms with Crippen molar-refractivity contribution >= 4 is 87.9 Å². The van der Waals surface area contributed by atoms with E-state index in [0.29, 0.717) is 25.3 Å². The van der Waals surface area contributed by atoms with Gasteiger partial charge in [0.05, 0.1) is 16.3 Å². The summed E-state index contributed by atoms with van der Waals surface area (Å²) in [6, 6.07) is 7.73. The zero-order valence-electron chi connectivity index (χ0n) is 14.0. The Morgan fingerprint density at radius 1 is 0.793 bits per heavy atom. The molecule has 0 saturated carbocycles. The molecule has 154 valence electrons. The third-order valence-electron chi connectivity index (χ3n) is 3.46. The Bertz CT molecular complexity index is 1260. The number of rotatable bonds is 6. The number of anilines is 2. The van der Waals surface area contributed by atoms with E-state index >= 15 is 0 Å². The van der Waals surface area contributed by atoms with Crippen molar-refractivity contribution < 1.29 is 25.6 Å². The molecule has 0 unspecified atom stereocenters. The van der Waals surface area contributed by atoms with E-state index in [2.05, 4.69) is 9.44 Å². The van der Waals surface area contributed by atoms with Crippen molar-refractivity contribution in [1.29, 1.82) is 0 Å². The third kappa shape index (κ3) is 5.36. The Morgan fingerprint density at radius 3 is 1.79 bits per heavy atom. The maximum atomic E-state index is 13.4. The van der Waals surface area contributed by atoms with E-state index in [0.717, 1.165) is 11.3 Å². The molecule has 29 heavy (non-hydrogen) atoms. The number of benzene rings is 2. The average molecular weight is 682 g/mol. The first kappa shape index (κ1) is 22.6. The summed E-state index contributed by atoms with van der Waals surface area (Å²) in [5.41, 5.74) is -0.108. The normalized spacial score (nSPS) is 12.0. The Balaban J connectivity index is 2.04. The van der Waals surface area contributed by atoms with Crippen LogP contribution in [0.15, 0.2) is 56.9 Å². The highest BCUT2D eigenvalue weighted by molar-refractivity contribution is 14.1. The Kier molecular flexibility index (Phi) is 6.72. The highest BCUT2D eigenvalue weighted by Gasteiger charge is 2.22. The maximum Gasteiger partial charge on any atom is 0.271 e. The van der Waals surface area contributed by atoms with Crippen LogP contribution in [0.3, 0.4) is 0 Å². The monoisotopic (exact) mass is 682 g/mol. The van der Waals surface area contributed by atoms with E-state index in [4.69, 9.17) is 0 Å². The van der Waals surface area contributed by atoms with Gasteiger partial charge in [-0.15, -0.1) is 11.3 Å². The van der Waals surface area contributed by atoms with Crippen LogP contribution in [0.5, 0.6) is 0 Å². The number of nitrogens with one attached hydrogen (secondary N) is 2. The summed E-state index contributed by atoms with van der Waals surface area (Å²) in [7, 11) is -8.34. The molecule has 3 aromatic rings. The fourth-order valence-corrected chi connectivity index (χ4v) is 6.32. The van der Waals surface area contributed by atoms with Crippen molar-refractivity contribution in [1.82, 2.24) is 0 Å². The predicted molar refractivity (Wildman–Crippen MR) is 124 cm³/mol. The quantitative estimate of drug-likeness (QED) is 0.365. The molecule has 13 heteroatoms. The number of hydrogen-bond acceptors (Lipinski definition) is 5. The summed E-state index contributed by atoms with van der Waals surface area (Å²) >= 11 is 4.93. The molecular formula is C16H10F2I2N2O4S3. The van der Waals surface area contributed by atoms with Gasteiger partial charge in [0, 0.05) is 13.2 Å². The smallest absolute Gasteiger partial charge is 0.271 e. The molecule has 0 spiro atoms. The molecule has 0 aliphatic heterocycles. The second-order valence-electron chi connectivity index (χ2n) is 5.56. The van der Waals surface area contributed by atoms with Gasteiger partial charge in [-0.25, -0.2) is 25.6 Å². The molecule has 3 rings (SSSR count). The Labute approximate surface area is 197 Å². The summed E-state index contributed by atoms with van der Waals surface area (Å²) < 4.78 is 83.2. The lowest BCUT2D eigenvalue weighted by molar-refractivity contribution is 0.568. The zero-order chi connectivity index (χ0) is 21.4. The zero-order valence-corrected chi connectivity index (χ0v) is 20.8. The van der Waals surface area contributed by atoms with Crippen LogP contribution < -0.4 is 9.44 Å². The number of thiophene rings is 1. The largest absolute Gasteiger partial charge is 0.277 e. The minimum Gasteiger partial charge on any atom is -0.277 e. The molecule has 0 aliphatic carbocycles. The van der Waals surface area contributed by atoms with Crippen LogP contribution in [0.4, 0.5) is 20.2 Å². The van der Waals surface area contributed by atoms with Gasteiger partial charge in [0.15, 0.2) is 0 Å². The predicted octanol–water partition coefficient (Wildman–Crippen LogP) is 4.84. The van der Waals surface area contributed by atoms with Gasteiger partial charge in [0.1, 0.15) is 15.8 Å². The van der Waals surface area contributed by atoms with E-state index in [9.17, 15) is 25.6 Å². The molecule has 1 heterocycles. The molecule has 0 atom stereocenters. The summed E-state index contributed by atoms with van der Waals surface area (Å²) in [6.07, 6.45) is 0. The SMILES string of the molecule is O=S(=O)(Nc1cc(I)c(I)cc1NS(=O)(=O)c1cccs1)c1cc(F)cc(F)c1. The highest BCUT2D eigenvalue weighted by atomic mass is 127. The van der Waals surface area contributed by atoms with Gasteiger partial charge in [0.2, 0.25) is 0 Å². The van der Waals surface area contributed by atoms with Gasteiger partial charge < -0.3 is 0 Å². The number of halogens is 4. The first-order chi connectivity index (χ1) is 13.5. The molecule has 0 bridgehead atoms. The van der Waals surface area contributed by atoms with Crippen LogP contribution in [0.25, 0.3) is 0 Å². The van der Waals surface area contributed by atoms with Crippen LogP contribution in [0.2, 0.25) is 0 Å². The van der Waals surface area contributed by atoms with Gasteiger partial charge >= 0.3 is 0 Å². The molecule has 1 aromatic heterocycles. The third-order valence-corrected chi connectivity index (χ3v) is 10.4. The molecule has 6 nitrogen and oxygen atoms in total. The lowest BCUT2D eigenvalue weighted by atomic mass is 10.3. The molecule has 0 amide bonds. The molecule has 2 N–H and O–H groups in total. The van der Waals surface area contributed by atoms with E-state index in [1.54, 1.807) is 11.4 Å². The van der Waals surface area contributed by atoms with Crippen molar-refractivity contribution in [3.63, 3.8) is 0 Å². The van der Waals surface area contributed by atoms with Gasteiger partial charge in [-0.1, -0.05) is 6.07 Å². The highest BCUT2D eigenvalue weighted by Crippen LogP contribution is 2.32. The molecular weight excluding hydrogens is 672 g/mol.